The summed E-state index contributed by atoms with van der Waals surface area (Å²) in [6.07, 6.45) is -2.57. The van der Waals surface area contributed by atoms with E-state index in [1.54, 1.807) is 5.32 Å². The van der Waals surface area contributed by atoms with Crippen LogP contribution in [0, 0.1) is 0 Å². The number of carbonyl (C=O) groups is 2. The van der Waals surface area contributed by atoms with Crippen LogP contribution in [0.1, 0.15) is 33.1 Å². The van der Waals surface area contributed by atoms with E-state index in [1.165, 1.54) is 13.8 Å². The second-order valence-electron chi connectivity index (χ2n) is 5.98. The molecule has 0 aromatic carbocycles. The van der Waals surface area contributed by atoms with Crippen LogP contribution in [0.5, 0.6) is 0 Å². The standard InChI is InChI=1S/C13H22F3N3O2/c1-12(2,18-11(21)13(14,15)16)10(20)17-9-5-4-7-19(3)8-6-9/h9H,4-8H2,1-3H3,(H,17,20)(H,18,21). The molecule has 2 N–H and O–H groups in total. The molecular weight excluding hydrogens is 287 g/mol. The van der Waals surface area contributed by atoms with Crippen LogP contribution in [0.4, 0.5) is 13.2 Å². The van der Waals surface area contributed by atoms with Gasteiger partial charge in [0.15, 0.2) is 0 Å². The van der Waals surface area contributed by atoms with Gasteiger partial charge in [-0.05, 0) is 53.2 Å². The van der Waals surface area contributed by atoms with E-state index in [4.69, 9.17) is 0 Å². The molecule has 0 aromatic heterocycles. The summed E-state index contributed by atoms with van der Waals surface area (Å²) in [5.74, 6) is -2.71. The molecule has 1 rings (SSSR count). The van der Waals surface area contributed by atoms with E-state index in [9.17, 15) is 22.8 Å². The average Bonchev–Trinajstić information content (AvgIpc) is 2.52. The number of hydrogen-bond acceptors (Lipinski definition) is 3. The molecule has 1 unspecified atom stereocenters. The Morgan fingerprint density at radius 1 is 1.10 bits per heavy atom. The highest BCUT2D eigenvalue weighted by Crippen LogP contribution is 2.17. The third-order valence-corrected chi connectivity index (χ3v) is 3.54. The third kappa shape index (κ3) is 5.53. The first-order valence-corrected chi connectivity index (χ1v) is 6.91. The van der Waals surface area contributed by atoms with Crippen LogP contribution in [0.15, 0.2) is 0 Å². The predicted octanol–water partition coefficient (Wildman–Crippen LogP) is 1.04. The summed E-state index contributed by atoms with van der Waals surface area (Å²) in [5.41, 5.74) is -1.61. The Hall–Kier alpha value is -1.31. The predicted molar refractivity (Wildman–Crippen MR) is 71.6 cm³/mol. The zero-order chi connectivity index (χ0) is 16.3. The first kappa shape index (κ1) is 17.7. The van der Waals surface area contributed by atoms with Crippen molar-refractivity contribution in [3.05, 3.63) is 0 Å². The lowest BCUT2D eigenvalue weighted by molar-refractivity contribution is -0.176. The average molecular weight is 309 g/mol. The molecule has 1 aliphatic rings. The number of hydrogen-bond donors (Lipinski definition) is 2. The van der Waals surface area contributed by atoms with Crippen molar-refractivity contribution in [1.82, 2.24) is 15.5 Å². The zero-order valence-corrected chi connectivity index (χ0v) is 12.5. The van der Waals surface area contributed by atoms with Crippen molar-refractivity contribution in [1.29, 1.82) is 0 Å². The van der Waals surface area contributed by atoms with Crippen molar-refractivity contribution in [2.45, 2.75) is 50.9 Å². The van der Waals surface area contributed by atoms with E-state index in [2.05, 4.69) is 10.2 Å². The summed E-state index contributed by atoms with van der Waals surface area (Å²) in [7, 11) is 1.98. The Balaban J connectivity index is 2.58. The Morgan fingerprint density at radius 2 is 1.71 bits per heavy atom. The van der Waals surface area contributed by atoms with Crippen molar-refractivity contribution in [3.8, 4) is 0 Å². The molecule has 0 saturated carbocycles. The molecule has 1 aliphatic heterocycles. The largest absolute Gasteiger partial charge is 0.471 e. The van der Waals surface area contributed by atoms with Crippen LogP contribution in [-0.2, 0) is 9.59 Å². The first-order valence-electron chi connectivity index (χ1n) is 6.91. The lowest BCUT2D eigenvalue weighted by atomic mass is 10.0. The van der Waals surface area contributed by atoms with Crippen molar-refractivity contribution in [3.63, 3.8) is 0 Å². The number of nitrogens with one attached hydrogen (secondary N) is 2. The zero-order valence-electron chi connectivity index (χ0n) is 12.5. The number of likely N-dealkylation sites (tertiary alicyclic amines) is 1. The van der Waals surface area contributed by atoms with Gasteiger partial charge < -0.3 is 15.5 Å². The van der Waals surface area contributed by atoms with Gasteiger partial charge in [0.2, 0.25) is 5.91 Å². The van der Waals surface area contributed by atoms with Crippen LogP contribution in [-0.4, -0.2) is 54.6 Å². The molecule has 1 atom stereocenters. The quantitative estimate of drug-likeness (QED) is 0.819. The van der Waals surface area contributed by atoms with E-state index >= 15 is 0 Å². The number of alkyl halides is 3. The summed E-state index contributed by atoms with van der Waals surface area (Å²) >= 11 is 0. The maximum absolute atomic E-state index is 12.2. The van der Waals surface area contributed by atoms with E-state index < -0.39 is 23.5 Å². The fourth-order valence-electron chi connectivity index (χ4n) is 2.16. The van der Waals surface area contributed by atoms with Crippen molar-refractivity contribution < 1.29 is 22.8 Å². The number of halogens is 3. The molecule has 0 radical (unpaired) electrons. The minimum atomic E-state index is -5.00. The second kappa shape index (κ2) is 6.64. The van der Waals surface area contributed by atoms with Crippen LogP contribution in [0.25, 0.3) is 0 Å². The maximum Gasteiger partial charge on any atom is 0.471 e. The minimum Gasteiger partial charge on any atom is -0.351 e. The molecule has 1 saturated heterocycles. The van der Waals surface area contributed by atoms with Gasteiger partial charge >= 0.3 is 12.1 Å². The van der Waals surface area contributed by atoms with Gasteiger partial charge in [0.05, 0.1) is 0 Å². The maximum atomic E-state index is 12.2. The molecule has 5 nitrogen and oxygen atoms in total. The highest BCUT2D eigenvalue weighted by Gasteiger charge is 2.43. The minimum absolute atomic E-state index is 0.0792. The number of nitrogens with zero attached hydrogens (tertiary/aromatic N) is 1. The lowest BCUT2D eigenvalue weighted by Crippen LogP contribution is -2.59. The topological polar surface area (TPSA) is 61.4 Å². The third-order valence-electron chi connectivity index (χ3n) is 3.54. The van der Waals surface area contributed by atoms with Crippen molar-refractivity contribution in [2.75, 3.05) is 20.1 Å². The normalized spacial score (nSPS) is 21.5. The highest BCUT2D eigenvalue weighted by atomic mass is 19.4. The van der Waals surface area contributed by atoms with Crippen LogP contribution >= 0.6 is 0 Å². The van der Waals surface area contributed by atoms with Gasteiger partial charge in [-0.2, -0.15) is 13.2 Å². The number of rotatable bonds is 3. The monoisotopic (exact) mass is 309 g/mol. The summed E-state index contributed by atoms with van der Waals surface area (Å²) in [5, 5.41) is 4.45. The Labute approximate surface area is 122 Å². The molecule has 8 heteroatoms. The summed E-state index contributed by atoms with van der Waals surface area (Å²) in [4.78, 5) is 25.2. The van der Waals surface area contributed by atoms with Gasteiger partial charge in [0, 0.05) is 6.04 Å². The smallest absolute Gasteiger partial charge is 0.351 e. The van der Waals surface area contributed by atoms with Crippen LogP contribution in [0.2, 0.25) is 0 Å². The SMILES string of the molecule is CN1CCCC(NC(=O)C(C)(C)NC(=O)C(F)(F)F)CC1. The van der Waals surface area contributed by atoms with Gasteiger partial charge in [-0.15, -0.1) is 0 Å². The van der Waals surface area contributed by atoms with Crippen molar-refractivity contribution in [2.24, 2.45) is 0 Å². The Bertz CT molecular complexity index is 397. The molecular formula is C13H22F3N3O2. The van der Waals surface area contributed by atoms with Gasteiger partial charge in [-0.3, -0.25) is 9.59 Å². The Kier molecular flexibility index (Phi) is 5.61. The lowest BCUT2D eigenvalue weighted by Gasteiger charge is -2.28. The molecule has 1 fully saturated rings. The molecule has 21 heavy (non-hydrogen) atoms. The van der Waals surface area contributed by atoms with E-state index in [1.807, 2.05) is 7.05 Å². The summed E-state index contributed by atoms with van der Waals surface area (Å²) in [6, 6.07) is -0.0792. The van der Waals surface area contributed by atoms with Crippen LogP contribution < -0.4 is 10.6 Å². The molecule has 0 aliphatic carbocycles. The Morgan fingerprint density at radius 3 is 2.29 bits per heavy atom. The van der Waals surface area contributed by atoms with Gasteiger partial charge in [-0.1, -0.05) is 0 Å². The van der Waals surface area contributed by atoms with Gasteiger partial charge in [0.1, 0.15) is 5.54 Å². The van der Waals surface area contributed by atoms with Gasteiger partial charge in [-0.25, -0.2) is 0 Å². The van der Waals surface area contributed by atoms with E-state index in [0.29, 0.717) is 0 Å². The molecule has 1 heterocycles. The fourth-order valence-corrected chi connectivity index (χ4v) is 2.16. The molecule has 0 spiro atoms. The first-order chi connectivity index (χ1) is 9.52. The van der Waals surface area contributed by atoms with E-state index in [-0.39, 0.29) is 6.04 Å². The molecule has 0 bridgehead atoms. The number of amides is 2. The van der Waals surface area contributed by atoms with Crippen LogP contribution in [0.3, 0.4) is 0 Å². The molecule has 122 valence electrons. The van der Waals surface area contributed by atoms with Gasteiger partial charge in [0.25, 0.3) is 0 Å². The molecule has 2 amide bonds. The second-order valence-corrected chi connectivity index (χ2v) is 5.98. The summed E-state index contributed by atoms with van der Waals surface area (Å²) in [6.45, 7) is 4.27. The fraction of sp³-hybridized carbons (Fsp3) is 0.846. The van der Waals surface area contributed by atoms with Crippen molar-refractivity contribution >= 4 is 11.8 Å². The molecule has 0 aromatic rings. The number of carbonyl (C=O) groups excluding carboxylic acids is 2. The highest BCUT2D eigenvalue weighted by molar-refractivity contribution is 5.92. The van der Waals surface area contributed by atoms with E-state index in [0.717, 1.165) is 32.4 Å². The summed E-state index contributed by atoms with van der Waals surface area (Å²) < 4.78 is 36.7.